The van der Waals surface area contributed by atoms with Crippen LogP contribution in [-0.4, -0.2) is 30.4 Å². The molecule has 0 aliphatic heterocycles. The summed E-state index contributed by atoms with van der Waals surface area (Å²) < 4.78 is 34.0. The Bertz CT molecular complexity index is 794. The Hall–Kier alpha value is -3.16. The van der Waals surface area contributed by atoms with Crippen molar-refractivity contribution in [1.29, 1.82) is 0 Å². The Balaban J connectivity index is 2.15. The first-order valence-corrected chi connectivity index (χ1v) is 7.17. The molecule has 0 aliphatic carbocycles. The third-order valence-corrected chi connectivity index (χ3v) is 3.23. The second kappa shape index (κ2) is 8.09. The quantitative estimate of drug-likeness (QED) is 0.619. The highest BCUT2D eigenvalue weighted by Gasteiger charge is 2.12. The number of phenols is 1. The van der Waals surface area contributed by atoms with Gasteiger partial charge in [-0.25, -0.2) is 5.43 Å². The maximum Gasteiger partial charge on any atom is 0.387 e. The molecule has 2 N–H and O–H groups in total. The Labute approximate surface area is 142 Å². The van der Waals surface area contributed by atoms with Crippen molar-refractivity contribution in [3.63, 3.8) is 0 Å². The molecule has 0 atom stereocenters. The van der Waals surface area contributed by atoms with E-state index in [2.05, 4.69) is 15.3 Å². The lowest BCUT2D eigenvalue weighted by Crippen LogP contribution is -2.19. The van der Waals surface area contributed by atoms with Crippen molar-refractivity contribution in [2.75, 3.05) is 7.11 Å². The van der Waals surface area contributed by atoms with Crippen molar-refractivity contribution in [2.45, 2.75) is 13.5 Å². The number of carbonyl (C=O) groups is 1. The zero-order valence-electron chi connectivity index (χ0n) is 13.5. The highest BCUT2D eigenvalue weighted by molar-refractivity contribution is 6.01. The molecule has 0 radical (unpaired) electrons. The molecule has 0 bridgehead atoms. The number of hydrogen-bond donors (Lipinski definition) is 2. The Kier molecular flexibility index (Phi) is 5.89. The number of rotatable bonds is 6. The topological polar surface area (TPSA) is 80.2 Å². The number of hydrazone groups is 1. The van der Waals surface area contributed by atoms with Gasteiger partial charge in [0.2, 0.25) is 0 Å². The minimum atomic E-state index is -2.96. The van der Waals surface area contributed by atoms with Crippen LogP contribution in [0.5, 0.6) is 17.2 Å². The maximum atomic E-state index is 12.3. The number of ether oxygens (including phenoxy) is 2. The minimum absolute atomic E-state index is 0.0345. The van der Waals surface area contributed by atoms with Gasteiger partial charge in [0.25, 0.3) is 5.91 Å². The van der Waals surface area contributed by atoms with Gasteiger partial charge in [0.15, 0.2) is 11.5 Å². The molecule has 2 aromatic carbocycles. The summed E-state index contributed by atoms with van der Waals surface area (Å²) in [6.45, 7) is -1.33. The number of methoxy groups -OCH3 is 1. The van der Waals surface area contributed by atoms with E-state index in [0.29, 0.717) is 11.3 Å². The van der Waals surface area contributed by atoms with E-state index in [1.54, 1.807) is 6.92 Å². The molecule has 1 amide bonds. The van der Waals surface area contributed by atoms with Gasteiger partial charge < -0.3 is 14.6 Å². The number of phenolic OH excluding ortho intramolecular Hbond substituents is 1. The molecule has 0 unspecified atom stereocenters. The fourth-order valence-corrected chi connectivity index (χ4v) is 2.00. The largest absolute Gasteiger partial charge is 0.508 e. The summed E-state index contributed by atoms with van der Waals surface area (Å²) >= 11 is 0. The molecular formula is C17H16F2N2O4. The van der Waals surface area contributed by atoms with Crippen LogP contribution in [0.2, 0.25) is 0 Å². The molecule has 0 aliphatic rings. The number of amides is 1. The second-order valence-corrected chi connectivity index (χ2v) is 4.93. The number of carbonyl (C=O) groups excluding carboxylic acids is 1. The first kappa shape index (κ1) is 18.2. The second-order valence-electron chi connectivity index (χ2n) is 4.93. The number of hydrogen-bond acceptors (Lipinski definition) is 5. The molecule has 132 valence electrons. The van der Waals surface area contributed by atoms with Crippen LogP contribution in [0.15, 0.2) is 47.6 Å². The van der Waals surface area contributed by atoms with Crippen LogP contribution in [0.4, 0.5) is 8.78 Å². The van der Waals surface area contributed by atoms with Crippen molar-refractivity contribution >= 4 is 11.6 Å². The molecule has 0 saturated heterocycles. The van der Waals surface area contributed by atoms with Gasteiger partial charge >= 0.3 is 6.61 Å². The van der Waals surface area contributed by atoms with Crippen molar-refractivity contribution in [1.82, 2.24) is 5.43 Å². The normalized spacial score (nSPS) is 11.3. The van der Waals surface area contributed by atoms with E-state index in [1.807, 2.05) is 0 Å². The molecule has 2 rings (SSSR count). The lowest BCUT2D eigenvalue weighted by molar-refractivity contribution is -0.0512. The number of halogens is 2. The summed E-state index contributed by atoms with van der Waals surface area (Å²) in [6.07, 6.45) is 0. The predicted octanol–water partition coefficient (Wildman–Crippen LogP) is 3.16. The standard InChI is InChI=1S/C17H16F2N2O4/c1-10(20-21-16(23)12-4-3-5-13(22)8-12)11-6-7-14(25-17(18)19)15(9-11)24-2/h3-9,17,22H,1-2H3,(H,21,23)/b20-10-. The molecule has 25 heavy (non-hydrogen) atoms. The van der Waals surface area contributed by atoms with E-state index in [-0.39, 0.29) is 22.8 Å². The van der Waals surface area contributed by atoms with Crippen LogP contribution in [0.3, 0.4) is 0 Å². The Morgan fingerprint density at radius 1 is 1.16 bits per heavy atom. The fraction of sp³-hybridized carbons (Fsp3) is 0.176. The monoisotopic (exact) mass is 350 g/mol. The average Bonchev–Trinajstić information content (AvgIpc) is 2.59. The predicted molar refractivity (Wildman–Crippen MR) is 87.4 cm³/mol. The number of nitrogens with zero attached hydrogens (tertiary/aromatic N) is 1. The van der Waals surface area contributed by atoms with Crippen molar-refractivity contribution < 1.29 is 28.2 Å². The van der Waals surface area contributed by atoms with Crippen molar-refractivity contribution in [3.05, 3.63) is 53.6 Å². The van der Waals surface area contributed by atoms with Gasteiger partial charge in [-0.2, -0.15) is 13.9 Å². The summed E-state index contributed by atoms with van der Waals surface area (Å²) in [4.78, 5) is 12.0. The summed E-state index contributed by atoms with van der Waals surface area (Å²) in [5.74, 6) is -0.517. The van der Waals surface area contributed by atoms with Gasteiger partial charge in [0.1, 0.15) is 5.75 Å². The van der Waals surface area contributed by atoms with Gasteiger partial charge in [-0.15, -0.1) is 0 Å². The molecule has 0 fully saturated rings. The highest BCUT2D eigenvalue weighted by atomic mass is 19.3. The molecule has 8 heteroatoms. The number of benzene rings is 2. The summed E-state index contributed by atoms with van der Waals surface area (Å²) in [5, 5.41) is 13.3. The van der Waals surface area contributed by atoms with Crippen molar-refractivity contribution in [3.8, 4) is 17.2 Å². The van der Waals surface area contributed by atoms with E-state index in [0.717, 1.165) is 0 Å². The van der Waals surface area contributed by atoms with Gasteiger partial charge in [-0.3, -0.25) is 4.79 Å². The van der Waals surface area contributed by atoms with Gasteiger partial charge in [0, 0.05) is 11.1 Å². The van der Waals surface area contributed by atoms with E-state index in [1.165, 1.54) is 49.6 Å². The summed E-state index contributed by atoms with van der Waals surface area (Å²) in [5.41, 5.74) is 3.58. The Morgan fingerprint density at radius 3 is 2.56 bits per heavy atom. The molecule has 0 spiro atoms. The number of aromatic hydroxyl groups is 1. The van der Waals surface area contributed by atoms with Crippen LogP contribution in [0.25, 0.3) is 0 Å². The molecule has 0 aromatic heterocycles. The third kappa shape index (κ3) is 4.90. The highest BCUT2D eigenvalue weighted by Crippen LogP contribution is 2.29. The summed E-state index contributed by atoms with van der Waals surface area (Å²) in [7, 11) is 1.33. The van der Waals surface area contributed by atoms with E-state index >= 15 is 0 Å². The first-order valence-electron chi connectivity index (χ1n) is 7.17. The smallest absolute Gasteiger partial charge is 0.387 e. The van der Waals surface area contributed by atoms with Gasteiger partial charge in [-0.05, 0) is 43.3 Å². The SMILES string of the molecule is COc1cc(/C(C)=N\NC(=O)c2cccc(O)c2)ccc1OC(F)F. The first-order chi connectivity index (χ1) is 11.9. The van der Waals surface area contributed by atoms with Crippen LogP contribution in [-0.2, 0) is 0 Å². The molecule has 6 nitrogen and oxygen atoms in total. The van der Waals surface area contributed by atoms with Crippen LogP contribution in [0, 0.1) is 0 Å². The number of alkyl halides is 2. The molecule has 2 aromatic rings. The number of nitrogens with one attached hydrogen (secondary N) is 1. The minimum Gasteiger partial charge on any atom is -0.508 e. The van der Waals surface area contributed by atoms with Crippen molar-refractivity contribution in [2.24, 2.45) is 5.10 Å². The van der Waals surface area contributed by atoms with E-state index < -0.39 is 12.5 Å². The lowest BCUT2D eigenvalue weighted by atomic mass is 10.1. The van der Waals surface area contributed by atoms with Crippen LogP contribution in [0.1, 0.15) is 22.8 Å². The van der Waals surface area contributed by atoms with Gasteiger partial charge in [0.05, 0.1) is 12.8 Å². The maximum absolute atomic E-state index is 12.3. The van der Waals surface area contributed by atoms with Crippen LogP contribution >= 0.6 is 0 Å². The summed E-state index contributed by atoms with van der Waals surface area (Å²) in [6, 6.07) is 10.1. The van der Waals surface area contributed by atoms with Gasteiger partial charge in [-0.1, -0.05) is 6.07 Å². The van der Waals surface area contributed by atoms with E-state index in [4.69, 9.17) is 4.74 Å². The van der Waals surface area contributed by atoms with Crippen LogP contribution < -0.4 is 14.9 Å². The zero-order valence-corrected chi connectivity index (χ0v) is 13.5. The Morgan fingerprint density at radius 2 is 1.92 bits per heavy atom. The lowest BCUT2D eigenvalue weighted by Gasteiger charge is -2.11. The third-order valence-electron chi connectivity index (χ3n) is 3.23. The fourth-order valence-electron chi connectivity index (χ4n) is 2.00. The van der Waals surface area contributed by atoms with E-state index in [9.17, 15) is 18.7 Å². The molecular weight excluding hydrogens is 334 g/mol. The molecule has 0 saturated carbocycles. The molecule has 0 heterocycles. The average molecular weight is 350 g/mol. The zero-order chi connectivity index (χ0) is 18.4.